The molecule has 1 aromatic rings. The smallest absolute Gasteiger partial charge is 0.188 e. The van der Waals surface area contributed by atoms with Crippen LogP contribution in [0.15, 0.2) is 18.2 Å². The molecule has 13 heavy (non-hydrogen) atoms. The first-order chi connectivity index (χ1) is 6.31. The van der Waals surface area contributed by atoms with E-state index in [-0.39, 0.29) is 12.4 Å². The van der Waals surface area contributed by atoms with E-state index in [4.69, 9.17) is 10.00 Å². The molecule has 1 aromatic carbocycles. The highest BCUT2D eigenvalue weighted by atomic mass is 16.5. The first-order valence-electron chi connectivity index (χ1n) is 3.95. The van der Waals surface area contributed by atoms with E-state index in [1.54, 1.807) is 18.2 Å². The van der Waals surface area contributed by atoms with Gasteiger partial charge in [-0.3, -0.25) is 4.79 Å². The van der Waals surface area contributed by atoms with E-state index < -0.39 is 0 Å². The van der Waals surface area contributed by atoms with Crippen molar-refractivity contribution in [2.24, 2.45) is 0 Å². The zero-order valence-electron chi connectivity index (χ0n) is 6.91. The van der Waals surface area contributed by atoms with Gasteiger partial charge in [0.25, 0.3) is 0 Å². The molecule has 0 unspecified atom stereocenters. The van der Waals surface area contributed by atoms with Crippen LogP contribution >= 0.6 is 0 Å². The summed E-state index contributed by atoms with van der Waals surface area (Å²) < 4.78 is 5.05. The van der Waals surface area contributed by atoms with E-state index in [1.807, 2.05) is 6.07 Å². The molecule has 3 heteroatoms. The SMILES string of the molecule is N#Cc1ccc2c(c1)COCC2=O. The van der Waals surface area contributed by atoms with E-state index >= 15 is 0 Å². The second kappa shape index (κ2) is 3.00. The minimum absolute atomic E-state index is 0.00857. The number of rotatable bonds is 0. The second-order valence-corrected chi connectivity index (χ2v) is 2.90. The van der Waals surface area contributed by atoms with E-state index in [0.717, 1.165) is 5.56 Å². The van der Waals surface area contributed by atoms with Crippen molar-refractivity contribution in [1.82, 2.24) is 0 Å². The first kappa shape index (κ1) is 7.96. The Kier molecular flexibility index (Phi) is 1.84. The molecule has 0 saturated heterocycles. The van der Waals surface area contributed by atoms with E-state index in [0.29, 0.717) is 17.7 Å². The van der Waals surface area contributed by atoms with Gasteiger partial charge >= 0.3 is 0 Å². The third-order valence-electron chi connectivity index (χ3n) is 2.03. The molecule has 1 heterocycles. The molecule has 1 aliphatic rings. The van der Waals surface area contributed by atoms with Crippen molar-refractivity contribution in [2.75, 3.05) is 6.61 Å². The lowest BCUT2D eigenvalue weighted by molar-refractivity contribution is 0.0665. The number of nitriles is 1. The van der Waals surface area contributed by atoms with Crippen LogP contribution in [0.1, 0.15) is 21.5 Å². The first-order valence-corrected chi connectivity index (χ1v) is 3.95. The highest BCUT2D eigenvalue weighted by Gasteiger charge is 2.17. The number of hydrogen-bond acceptors (Lipinski definition) is 3. The van der Waals surface area contributed by atoms with Gasteiger partial charge < -0.3 is 4.74 Å². The Balaban J connectivity index is 2.53. The van der Waals surface area contributed by atoms with Crippen LogP contribution in [-0.4, -0.2) is 12.4 Å². The zero-order valence-corrected chi connectivity index (χ0v) is 6.91. The predicted molar refractivity (Wildman–Crippen MR) is 45.1 cm³/mol. The minimum atomic E-state index is -0.00857. The molecule has 0 N–H and O–H groups in total. The Hall–Kier alpha value is -1.66. The van der Waals surface area contributed by atoms with Gasteiger partial charge in [0.05, 0.1) is 18.2 Å². The number of ether oxygens (including phenoxy) is 1. The third-order valence-corrected chi connectivity index (χ3v) is 2.03. The molecule has 1 aliphatic heterocycles. The van der Waals surface area contributed by atoms with Crippen molar-refractivity contribution in [2.45, 2.75) is 6.61 Å². The van der Waals surface area contributed by atoms with Crippen LogP contribution in [0.2, 0.25) is 0 Å². The molecule has 0 saturated carbocycles. The van der Waals surface area contributed by atoms with Gasteiger partial charge in [0.15, 0.2) is 5.78 Å². The standard InChI is InChI=1S/C10H7NO2/c11-4-7-1-2-9-8(3-7)5-13-6-10(9)12/h1-3H,5-6H2. The van der Waals surface area contributed by atoms with Gasteiger partial charge in [-0.05, 0) is 23.8 Å². The van der Waals surface area contributed by atoms with Gasteiger partial charge in [-0.25, -0.2) is 0 Å². The Morgan fingerprint density at radius 3 is 3.00 bits per heavy atom. The number of carbonyl (C=O) groups excluding carboxylic acids is 1. The van der Waals surface area contributed by atoms with Crippen LogP contribution in [0.5, 0.6) is 0 Å². The average Bonchev–Trinajstić information content (AvgIpc) is 2.18. The van der Waals surface area contributed by atoms with Crippen LogP contribution in [-0.2, 0) is 11.3 Å². The number of nitrogens with zero attached hydrogens (tertiary/aromatic N) is 1. The summed E-state index contributed by atoms with van der Waals surface area (Å²) in [5.41, 5.74) is 2.07. The van der Waals surface area contributed by atoms with Crippen LogP contribution in [0.25, 0.3) is 0 Å². The molecule has 0 fully saturated rings. The maximum atomic E-state index is 11.3. The predicted octanol–water partition coefficient (Wildman–Crippen LogP) is 1.27. The minimum Gasteiger partial charge on any atom is -0.369 e. The quantitative estimate of drug-likeness (QED) is 0.593. The number of hydrogen-bond donors (Lipinski definition) is 0. The maximum Gasteiger partial charge on any atom is 0.188 e. The summed E-state index contributed by atoms with van der Waals surface area (Å²) in [6, 6.07) is 7.07. The van der Waals surface area contributed by atoms with Gasteiger partial charge in [-0.15, -0.1) is 0 Å². The topological polar surface area (TPSA) is 50.1 Å². The Bertz CT molecular complexity index is 404. The zero-order chi connectivity index (χ0) is 9.26. The molecule has 0 atom stereocenters. The van der Waals surface area contributed by atoms with Crippen LogP contribution in [0, 0.1) is 11.3 Å². The number of ketones is 1. The van der Waals surface area contributed by atoms with Crippen molar-refractivity contribution in [3.63, 3.8) is 0 Å². The van der Waals surface area contributed by atoms with Crippen LogP contribution in [0.4, 0.5) is 0 Å². The summed E-state index contributed by atoms with van der Waals surface area (Å²) in [4.78, 5) is 11.3. The van der Waals surface area contributed by atoms with E-state index in [1.165, 1.54) is 0 Å². The monoisotopic (exact) mass is 173 g/mol. The third kappa shape index (κ3) is 1.32. The molecule has 3 nitrogen and oxygen atoms in total. The van der Waals surface area contributed by atoms with Gasteiger partial charge in [0, 0.05) is 5.56 Å². The lowest BCUT2D eigenvalue weighted by Gasteiger charge is -2.14. The van der Waals surface area contributed by atoms with Crippen molar-refractivity contribution in [1.29, 1.82) is 5.26 Å². The molecule has 0 radical (unpaired) electrons. The molecule has 0 bridgehead atoms. The van der Waals surface area contributed by atoms with Gasteiger partial charge in [0.2, 0.25) is 0 Å². The largest absolute Gasteiger partial charge is 0.369 e. The molecule has 0 spiro atoms. The summed E-state index contributed by atoms with van der Waals surface area (Å²) in [5.74, 6) is -0.00857. The van der Waals surface area contributed by atoms with E-state index in [2.05, 4.69) is 0 Å². The normalized spacial score (nSPS) is 14.8. The highest BCUT2D eigenvalue weighted by Crippen LogP contribution is 2.17. The summed E-state index contributed by atoms with van der Waals surface area (Å²) in [5, 5.41) is 8.63. The second-order valence-electron chi connectivity index (χ2n) is 2.90. The highest BCUT2D eigenvalue weighted by molar-refractivity contribution is 5.99. The Morgan fingerprint density at radius 1 is 1.38 bits per heavy atom. The van der Waals surface area contributed by atoms with Crippen molar-refractivity contribution in [3.05, 3.63) is 34.9 Å². The maximum absolute atomic E-state index is 11.3. The molecule has 64 valence electrons. The van der Waals surface area contributed by atoms with Gasteiger partial charge in [0.1, 0.15) is 6.61 Å². The fourth-order valence-corrected chi connectivity index (χ4v) is 1.39. The van der Waals surface area contributed by atoms with Crippen LogP contribution in [0.3, 0.4) is 0 Å². The molecular weight excluding hydrogens is 166 g/mol. The fourth-order valence-electron chi connectivity index (χ4n) is 1.39. The number of carbonyl (C=O) groups is 1. The van der Waals surface area contributed by atoms with Crippen molar-refractivity contribution in [3.8, 4) is 6.07 Å². The lowest BCUT2D eigenvalue weighted by atomic mass is 10.0. The summed E-state index contributed by atoms with van der Waals surface area (Å²) in [6.07, 6.45) is 0. The summed E-state index contributed by atoms with van der Waals surface area (Å²) >= 11 is 0. The van der Waals surface area contributed by atoms with Gasteiger partial charge in [-0.2, -0.15) is 5.26 Å². The summed E-state index contributed by atoms with van der Waals surface area (Å²) in [6.45, 7) is 0.579. The van der Waals surface area contributed by atoms with Crippen molar-refractivity contribution < 1.29 is 9.53 Å². The molecule has 0 aliphatic carbocycles. The molecule has 0 aromatic heterocycles. The fraction of sp³-hybridized carbons (Fsp3) is 0.200. The number of Topliss-reactive ketones (excluding diaryl/α,β-unsaturated/α-hetero) is 1. The lowest BCUT2D eigenvalue weighted by Crippen LogP contribution is -2.17. The van der Waals surface area contributed by atoms with Crippen molar-refractivity contribution >= 4 is 5.78 Å². The van der Waals surface area contributed by atoms with Gasteiger partial charge in [-0.1, -0.05) is 0 Å². The molecule has 0 amide bonds. The number of benzene rings is 1. The Labute approximate surface area is 75.6 Å². The number of fused-ring (bicyclic) bond motifs is 1. The summed E-state index contributed by atoms with van der Waals surface area (Å²) in [7, 11) is 0. The van der Waals surface area contributed by atoms with Crippen LogP contribution < -0.4 is 0 Å². The van der Waals surface area contributed by atoms with E-state index in [9.17, 15) is 4.79 Å². The molecule has 2 rings (SSSR count). The molecular formula is C10H7NO2. The Morgan fingerprint density at radius 2 is 2.23 bits per heavy atom. The average molecular weight is 173 g/mol.